The third kappa shape index (κ3) is 3.59. The van der Waals surface area contributed by atoms with Crippen LogP contribution in [0.5, 0.6) is 0 Å². The van der Waals surface area contributed by atoms with Crippen LogP contribution in [-0.2, 0) is 9.53 Å². The average Bonchev–Trinajstić information content (AvgIpc) is 3.06. The van der Waals surface area contributed by atoms with Gasteiger partial charge in [0.2, 0.25) is 0 Å². The first-order valence-corrected chi connectivity index (χ1v) is 12.1. The van der Waals surface area contributed by atoms with Crippen LogP contribution in [0.1, 0.15) is 33.1 Å². The van der Waals surface area contributed by atoms with Crippen molar-refractivity contribution in [3.63, 3.8) is 0 Å². The lowest BCUT2D eigenvalue weighted by molar-refractivity contribution is -0.145. The maximum absolute atomic E-state index is 12.9. The van der Waals surface area contributed by atoms with Gasteiger partial charge in [-0.15, -0.1) is 0 Å². The summed E-state index contributed by atoms with van der Waals surface area (Å²) in [6, 6.07) is 7.98. The first-order chi connectivity index (χ1) is 14.9. The van der Waals surface area contributed by atoms with Gasteiger partial charge in [0.15, 0.2) is 0 Å². The van der Waals surface area contributed by atoms with Crippen molar-refractivity contribution in [3.05, 3.63) is 40.9 Å². The van der Waals surface area contributed by atoms with Gasteiger partial charge in [0.1, 0.15) is 6.10 Å². The molecule has 2 aliphatic carbocycles. The Balaban J connectivity index is 1.28. The molecule has 2 saturated heterocycles. The van der Waals surface area contributed by atoms with Crippen molar-refractivity contribution < 1.29 is 14.6 Å². The molecule has 2 heterocycles. The van der Waals surface area contributed by atoms with Crippen LogP contribution in [0, 0.1) is 23.2 Å². The van der Waals surface area contributed by atoms with Crippen LogP contribution < -0.4 is 4.90 Å². The van der Waals surface area contributed by atoms with E-state index in [9.17, 15) is 9.90 Å². The Morgan fingerprint density at radius 1 is 1.26 bits per heavy atom. The molecular formula is C25H33ClN2O3. The summed E-state index contributed by atoms with van der Waals surface area (Å²) in [4.78, 5) is 17.6. The van der Waals surface area contributed by atoms with E-state index in [0.29, 0.717) is 12.5 Å². The molecule has 1 aromatic carbocycles. The minimum atomic E-state index is -0.531. The van der Waals surface area contributed by atoms with Crippen LogP contribution >= 0.6 is 11.6 Å². The molecule has 31 heavy (non-hydrogen) atoms. The lowest BCUT2D eigenvalue weighted by Gasteiger charge is -2.52. The number of carbonyl (C=O) groups excluding carboxylic acids is 1. The average molecular weight is 445 g/mol. The summed E-state index contributed by atoms with van der Waals surface area (Å²) >= 11 is 6.15. The second-order valence-corrected chi connectivity index (χ2v) is 10.5. The number of halogens is 1. The van der Waals surface area contributed by atoms with Crippen LogP contribution in [0.2, 0.25) is 5.02 Å². The second-order valence-electron chi connectivity index (χ2n) is 10.1. The number of rotatable bonds is 3. The summed E-state index contributed by atoms with van der Waals surface area (Å²) in [6.45, 7) is 8.71. The molecule has 1 N–H and O–H groups in total. The molecule has 0 radical (unpaired) electrons. The summed E-state index contributed by atoms with van der Waals surface area (Å²) < 4.78 is 5.83. The number of allylic oxidation sites excluding steroid dienone is 1. The lowest BCUT2D eigenvalue weighted by Crippen LogP contribution is -2.55. The predicted molar refractivity (Wildman–Crippen MR) is 122 cm³/mol. The standard InChI is InChI=1S/C25H33ClN2O3/c1-16-5-3-6-17-13-21-22(23(29)25(16,17)2)20(24(30)31-21)15-27-9-11-28(12-10-27)19-8-4-7-18(26)14-19/h4,6-8,14,16,20-23,29H,3,5,9-13,15H2,1-2H3/t16-,20?,21+,22+,23-,25+/m0/s1. The normalized spacial score (nSPS) is 38.3. The number of carbonyl (C=O) groups is 1. The van der Waals surface area contributed by atoms with Crippen LogP contribution in [0.25, 0.3) is 0 Å². The Morgan fingerprint density at radius 2 is 2.03 bits per heavy atom. The van der Waals surface area contributed by atoms with E-state index in [-0.39, 0.29) is 29.3 Å². The number of ether oxygens (including phenoxy) is 1. The van der Waals surface area contributed by atoms with Gasteiger partial charge in [-0.1, -0.05) is 43.2 Å². The third-order valence-corrected chi connectivity index (χ3v) is 8.81. The Kier molecular flexibility index (Phi) is 5.56. The van der Waals surface area contributed by atoms with E-state index in [2.05, 4.69) is 35.8 Å². The number of hydrogen-bond donors (Lipinski definition) is 1. The number of benzene rings is 1. The van der Waals surface area contributed by atoms with Crippen molar-refractivity contribution in [2.75, 3.05) is 37.6 Å². The fourth-order valence-corrected chi connectivity index (χ4v) is 6.60. The number of aliphatic hydroxyl groups is 1. The molecule has 5 nitrogen and oxygen atoms in total. The molecule has 0 bridgehead atoms. The summed E-state index contributed by atoms with van der Waals surface area (Å²) in [5, 5.41) is 12.3. The number of anilines is 1. The van der Waals surface area contributed by atoms with Crippen molar-refractivity contribution in [1.29, 1.82) is 0 Å². The van der Waals surface area contributed by atoms with Crippen molar-refractivity contribution in [2.45, 2.75) is 45.3 Å². The zero-order valence-corrected chi connectivity index (χ0v) is 19.2. The first kappa shape index (κ1) is 21.3. The van der Waals surface area contributed by atoms with E-state index in [1.165, 1.54) is 5.57 Å². The van der Waals surface area contributed by atoms with Gasteiger partial charge in [0, 0.05) is 61.2 Å². The highest BCUT2D eigenvalue weighted by Crippen LogP contribution is 2.56. The molecule has 0 aromatic heterocycles. The van der Waals surface area contributed by atoms with E-state index in [1.54, 1.807) is 0 Å². The quantitative estimate of drug-likeness (QED) is 0.568. The summed E-state index contributed by atoms with van der Waals surface area (Å²) in [5.41, 5.74) is 2.20. The topological polar surface area (TPSA) is 53.0 Å². The number of nitrogens with zero attached hydrogens (tertiary/aromatic N) is 2. The van der Waals surface area contributed by atoms with Gasteiger partial charge in [-0.05, 0) is 37.0 Å². The molecule has 1 aromatic rings. The van der Waals surface area contributed by atoms with Gasteiger partial charge in [-0.25, -0.2) is 0 Å². The molecule has 2 aliphatic heterocycles. The van der Waals surface area contributed by atoms with Gasteiger partial charge in [-0.2, -0.15) is 0 Å². The third-order valence-electron chi connectivity index (χ3n) is 8.57. The van der Waals surface area contributed by atoms with Gasteiger partial charge in [-0.3, -0.25) is 9.69 Å². The minimum Gasteiger partial charge on any atom is -0.461 e. The molecule has 4 aliphatic rings. The molecule has 6 heteroatoms. The van der Waals surface area contributed by atoms with Crippen molar-refractivity contribution in [2.24, 2.45) is 23.2 Å². The van der Waals surface area contributed by atoms with Crippen LogP contribution in [0.4, 0.5) is 5.69 Å². The van der Waals surface area contributed by atoms with Gasteiger partial charge < -0.3 is 14.7 Å². The number of aliphatic hydroxyl groups excluding tert-OH is 1. The van der Waals surface area contributed by atoms with Crippen molar-refractivity contribution in [1.82, 2.24) is 4.90 Å². The molecular weight excluding hydrogens is 412 g/mol. The second kappa shape index (κ2) is 8.09. The zero-order valence-electron chi connectivity index (χ0n) is 18.5. The van der Waals surface area contributed by atoms with E-state index in [0.717, 1.165) is 56.2 Å². The van der Waals surface area contributed by atoms with Crippen LogP contribution in [0.3, 0.4) is 0 Å². The highest BCUT2D eigenvalue weighted by Gasteiger charge is 2.59. The van der Waals surface area contributed by atoms with E-state index in [1.807, 2.05) is 18.2 Å². The van der Waals surface area contributed by atoms with E-state index < -0.39 is 6.10 Å². The first-order valence-electron chi connectivity index (χ1n) is 11.7. The molecule has 5 rings (SSSR count). The lowest BCUT2D eigenvalue weighted by atomic mass is 9.55. The smallest absolute Gasteiger partial charge is 0.311 e. The molecule has 1 saturated carbocycles. The summed E-state index contributed by atoms with van der Waals surface area (Å²) in [5.74, 6) is -0.0609. The molecule has 3 fully saturated rings. The van der Waals surface area contributed by atoms with Gasteiger partial charge in [0.25, 0.3) is 0 Å². The fraction of sp³-hybridized carbons (Fsp3) is 0.640. The zero-order chi connectivity index (χ0) is 21.8. The van der Waals surface area contributed by atoms with Crippen molar-refractivity contribution >= 4 is 23.3 Å². The largest absolute Gasteiger partial charge is 0.461 e. The molecule has 0 spiro atoms. The summed E-state index contributed by atoms with van der Waals surface area (Å²) in [7, 11) is 0. The van der Waals surface area contributed by atoms with Crippen LogP contribution in [-0.4, -0.2) is 60.9 Å². The SMILES string of the molecule is C[C@H]1CCC=C2C[C@H]3OC(=O)C(CN4CCN(c5cccc(Cl)c5)CC4)[C@H]3[C@H](O)[C@@]21C. The molecule has 168 valence electrons. The number of piperazine rings is 1. The summed E-state index contributed by atoms with van der Waals surface area (Å²) in [6.07, 6.45) is 4.52. The van der Waals surface area contributed by atoms with Crippen LogP contribution in [0.15, 0.2) is 35.9 Å². The maximum Gasteiger partial charge on any atom is 0.311 e. The Morgan fingerprint density at radius 3 is 2.77 bits per heavy atom. The minimum absolute atomic E-state index is 0.110. The fourth-order valence-electron chi connectivity index (χ4n) is 6.41. The molecule has 0 amide bonds. The molecule has 6 atom stereocenters. The molecule has 1 unspecified atom stereocenters. The number of fused-ring (bicyclic) bond motifs is 2. The number of hydrogen-bond acceptors (Lipinski definition) is 5. The van der Waals surface area contributed by atoms with Crippen molar-refractivity contribution in [3.8, 4) is 0 Å². The van der Waals surface area contributed by atoms with E-state index in [4.69, 9.17) is 16.3 Å². The maximum atomic E-state index is 12.9. The van der Waals surface area contributed by atoms with Gasteiger partial charge in [0.05, 0.1) is 12.0 Å². The highest BCUT2D eigenvalue weighted by molar-refractivity contribution is 6.30. The Labute approximate surface area is 190 Å². The van der Waals surface area contributed by atoms with E-state index >= 15 is 0 Å². The Hall–Kier alpha value is -1.56. The Bertz CT molecular complexity index is 881. The number of esters is 1. The monoisotopic (exact) mass is 444 g/mol. The highest BCUT2D eigenvalue weighted by atomic mass is 35.5. The predicted octanol–water partition coefficient (Wildman–Crippen LogP) is 3.75. The van der Waals surface area contributed by atoms with Gasteiger partial charge >= 0.3 is 5.97 Å².